The minimum absolute atomic E-state index is 0.134. The summed E-state index contributed by atoms with van der Waals surface area (Å²) in [5.74, 6) is -0.476. The van der Waals surface area contributed by atoms with E-state index in [1.807, 2.05) is 79.7 Å². The van der Waals surface area contributed by atoms with E-state index in [2.05, 4.69) is 10.6 Å². The average molecular weight is 520 g/mol. The number of para-hydroxylation sites is 1. The maximum Gasteiger partial charge on any atom is 0.411 e. The van der Waals surface area contributed by atoms with Crippen LogP contribution in [0.1, 0.15) is 28.4 Å². The number of carbonyl (C=O) groups is 3. The fraction of sp³-hybridized carbons (Fsp3) is 0.156. The Morgan fingerprint density at radius 1 is 0.769 bits per heavy atom. The number of nitrogens with zero attached hydrogens (tertiary/aromatic N) is 1. The first-order valence-corrected chi connectivity index (χ1v) is 12.8. The molecule has 196 valence electrons. The van der Waals surface area contributed by atoms with Crippen LogP contribution in [0.2, 0.25) is 0 Å². The maximum atomic E-state index is 13.6. The zero-order valence-corrected chi connectivity index (χ0v) is 21.5. The van der Waals surface area contributed by atoms with E-state index in [4.69, 9.17) is 4.74 Å². The molecule has 39 heavy (non-hydrogen) atoms. The van der Waals surface area contributed by atoms with Gasteiger partial charge in [-0.2, -0.15) is 0 Å². The summed E-state index contributed by atoms with van der Waals surface area (Å²) in [6.45, 7) is 2.21. The van der Waals surface area contributed by atoms with E-state index < -0.39 is 18.2 Å². The Morgan fingerprint density at radius 2 is 1.41 bits per heavy atom. The molecular weight excluding hydrogens is 490 g/mol. The molecule has 4 aromatic carbocycles. The van der Waals surface area contributed by atoms with Crippen molar-refractivity contribution in [3.8, 4) is 0 Å². The lowest BCUT2D eigenvalue weighted by Gasteiger charge is -2.24. The van der Waals surface area contributed by atoms with Gasteiger partial charge in [-0.15, -0.1) is 0 Å². The Labute approximate surface area is 227 Å². The third-order valence-corrected chi connectivity index (χ3v) is 6.56. The molecule has 0 aromatic heterocycles. The van der Waals surface area contributed by atoms with Gasteiger partial charge in [-0.25, -0.2) is 4.79 Å². The SMILES string of the molecule is Cc1cccc(CN2C(=O)O[C@H](c3ccc(NC(=O)Cc4ccccc4)cc3)[C@@H]2C(=O)Nc2ccccc2)c1. The topological polar surface area (TPSA) is 87.7 Å². The van der Waals surface area contributed by atoms with Crippen LogP contribution in [-0.2, 0) is 27.3 Å². The summed E-state index contributed by atoms with van der Waals surface area (Å²) in [5, 5.41) is 5.82. The highest BCUT2D eigenvalue weighted by Crippen LogP contribution is 2.35. The number of hydrogen-bond acceptors (Lipinski definition) is 4. The predicted molar refractivity (Wildman–Crippen MR) is 150 cm³/mol. The Hall–Kier alpha value is -4.91. The van der Waals surface area contributed by atoms with Crippen LogP contribution in [0.15, 0.2) is 109 Å². The van der Waals surface area contributed by atoms with Crippen molar-refractivity contribution in [2.45, 2.75) is 32.0 Å². The summed E-state index contributed by atoms with van der Waals surface area (Å²) in [6.07, 6.45) is -1.12. The average Bonchev–Trinajstić information content (AvgIpc) is 3.26. The van der Waals surface area contributed by atoms with E-state index in [0.717, 1.165) is 16.7 Å². The summed E-state index contributed by atoms with van der Waals surface area (Å²) in [5.41, 5.74) is 4.79. The van der Waals surface area contributed by atoms with Crippen molar-refractivity contribution in [1.29, 1.82) is 0 Å². The monoisotopic (exact) mass is 519 g/mol. The number of aryl methyl sites for hydroxylation is 1. The zero-order chi connectivity index (χ0) is 27.2. The molecule has 1 aliphatic rings. The van der Waals surface area contributed by atoms with Gasteiger partial charge in [0.05, 0.1) is 13.0 Å². The maximum absolute atomic E-state index is 13.6. The first kappa shape index (κ1) is 25.7. The molecule has 0 radical (unpaired) electrons. The van der Waals surface area contributed by atoms with E-state index in [1.165, 1.54) is 4.90 Å². The molecule has 3 amide bonds. The normalized spacial score (nSPS) is 16.4. The highest BCUT2D eigenvalue weighted by atomic mass is 16.6. The molecule has 1 fully saturated rings. The minimum Gasteiger partial charge on any atom is -0.438 e. The van der Waals surface area contributed by atoms with E-state index in [9.17, 15) is 14.4 Å². The Kier molecular flexibility index (Phi) is 7.68. The van der Waals surface area contributed by atoms with Crippen LogP contribution in [0.25, 0.3) is 0 Å². The number of nitrogens with one attached hydrogen (secondary N) is 2. The smallest absolute Gasteiger partial charge is 0.411 e. The summed E-state index contributed by atoms with van der Waals surface area (Å²) in [7, 11) is 0. The Balaban J connectivity index is 1.36. The molecule has 0 bridgehead atoms. The number of cyclic esters (lactones) is 1. The molecule has 2 N–H and O–H groups in total. The van der Waals surface area contributed by atoms with Crippen LogP contribution in [0.5, 0.6) is 0 Å². The van der Waals surface area contributed by atoms with Gasteiger partial charge >= 0.3 is 6.09 Å². The number of ether oxygens (including phenoxy) is 1. The number of carbonyl (C=O) groups excluding carboxylic acids is 3. The van der Waals surface area contributed by atoms with Crippen molar-refractivity contribution in [2.24, 2.45) is 0 Å². The predicted octanol–water partition coefficient (Wildman–Crippen LogP) is 5.88. The highest BCUT2D eigenvalue weighted by molar-refractivity contribution is 5.98. The molecule has 2 atom stereocenters. The van der Waals surface area contributed by atoms with Gasteiger partial charge in [0.1, 0.15) is 0 Å². The van der Waals surface area contributed by atoms with Gasteiger partial charge in [0.25, 0.3) is 5.91 Å². The van der Waals surface area contributed by atoms with Gasteiger partial charge in [0.2, 0.25) is 5.91 Å². The summed E-state index contributed by atoms with van der Waals surface area (Å²) in [4.78, 5) is 40.6. The van der Waals surface area contributed by atoms with E-state index >= 15 is 0 Å². The van der Waals surface area contributed by atoms with Gasteiger partial charge in [-0.1, -0.05) is 90.5 Å². The lowest BCUT2D eigenvalue weighted by Crippen LogP contribution is -2.43. The summed E-state index contributed by atoms with van der Waals surface area (Å²) >= 11 is 0. The molecule has 7 nitrogen and oxygen atoms in total. The summed E-state index contributed by atoms with van der Waals surface area (Å²) < 4.78 is 5.77. The van der Waals surface area contributed by atoms with Crippen molar-refractivity contribution in [3.05, 3.63) is 131 Å². The number of hydrogen-bond donors (Lipinski definition) is 2. The van der Waals surface area contributed by atoms with Gasteiger partial charge in [0.15, 0.2) is 12.1 Å². The van der Waals surface area contributed by atoms with E-state index in [0.29, 0.717) is 16.9 Å². The van der Waals surface area contributed by atoms with Crippen molar-refractivity contribution in [3.63, 3.8) is 0 Å². The van der Waals surface area contributed by atoms with Gasteiger partial charge < -0.3 is 15.4 Å². The van der Waals surface area contributed by atoms with Crippen LogP contribution < -0.4 is 10.6 Å². The molecule has 0 unspecified atom stereocenters. The fourth-order valence-corrected chi connectivity index (χ4v) is 4.70. The van der Waals surface area contributed by atoms with E-state index in [-0.39, 0.29) is 24.8 Å². The molecule has 1 heterocycles. The molecule has 0 aliphatic carbocycles. The van der Waals surface area contributed by atoms with Crippen LogP contribution in [0.3, 0.4) is 0 Å². The number of rotatable bonds is 8. The zero-order valence-electron chi connectivity index (χ0n) is 21.5. The fourth-order valence-electron chi connectivity index (χ4n) is 4.70. The second kappa shape index (κ2) is 11.6. The first-order valence-electron chi connectivity index (χ1n) is 12.8. The first-order chi connectivity index (χ1) is 19.0. The van der Waals surface area contributed by atoms with Crippen LogP contribution >= 0.6 is 0 Å². The molecule has 4 aromatic rings. The van der Waals surface area contributed by atoms with Crippen LogP contribution in [0.4, 0.5) is 16.2 Å². The molecule has 0 spiro atoms. The van der Waals surface area contributed by atoms with Crippen molar-refractivity contribution >= 4 is 29.3 Å². The standard InChI is InChI=1S/C32H29N3O4/c1-22-9-8-12-24(19-22)21-35-29(31(37)34-26-13-6-3-7-14-26)30(39-32(35)38)25-15-17-27(18-16-25)33-28(36)20-23-10-4-2-5-11-23/h2-19,29-30H,20-21H2,1H3,(H,33,36)(H,34,37)/t29-,30-/m1/s1. The second-order valence-corrected chi connectivity index (χ2v) is 9.55. The van der Waals surface area contributed by atoms with Crippen LogP contribution in [-0.4, -0.2) is 28.8 Å². The number of benzene rings is 4. The third kappa shape index (κ3) is 6.33. The Bertz CT molecular complexity index is 1460. The quantitative estimate of drug-likeness (QED) is 0.304. The third-order valence-electron chi connectivity index (χ3n) is 6.56. The highest BCUT2D eigenvalue weighted by Gasteiger charge is 2.47. The molecule has 7 heteroatoms. The second-order valence-electron chi connectivity index (χ2n) is 9.55. The largest absolute Gasteiger partial charge is 0.438 e. The van der Waals surface area contributed by atoms with Gasteiger partial charge in [-0.3, -0.25) is 14.5 Å². The Morgan fingerprint density at radius 3 is 2.10 bits per heavy atom. The molecule has 0 saturated carbocycles. The molecule has 1 aliphatic heterocycles. The molecular formula is C32H29N3O4. The number of amides is 3. The van der Waals surface area contributed by atoms with Gasteiger partial charge in [-0.05, 0) is 47.9 Å². The molecule has 5 rings (SSSR count). The van der Waals surface area contributed by atoms with Crippen molar-refractivity contribution in [1.82, 2.24) is 4.90 Å². The van der Waals surface area contributed by atoms with Crippen molar-refractivity contribution < 1.29 is 19.1 Å². The number of anilines is 2. The van der Waals surface area contributed by atoms with E-state index in [1.54, 1.807) is 36.4 Å². The van der Waals surface area contributed by atoms with Gasteiger partial charge in [0, 0.05) is 11.4 Å². The van der Waals surface area contributed by atoms with Crippen molar-refractivity contribution in [2.75, 3.05) is 10.6 Å². The lowest BCUT2D eigenvalue weighted by atomic mass is 10.00. The summed E-state index contributed by atoms with van der Waals surface area (Å²) in [6, 6.07) is 32.6. The molecule has 1 saturated heterocycles. The minimum atomic E-state index is -0.892. The van der Waals surface area contributed by atoms with Crippen LogP contribution in [0, 0.1) is 6.92 Å². The lowest BCUT2D eigenvalue weighted by molar-refractivity contribution is -0.121.